The van der Waals surface area contributed by atoms with Crippen molar-refractivity contribution in [1.82, 2.24) is 0 Å². The van der Waals surface area contributed by atoms with E-state index in [9.17, 15) is 14.6 Å². The smallest absolute Gasteiger partial charge is 0.123 e. The molecular weight excluding hydrogens is 233 g/mol. The molecule has 3 unspecified atom stereocenters. The first-order valence-electron chi connectivity index (χ1n) is 6.39. The summed E-state index contributed by atoms with van der Waals surface area (Å²) >= 11 is 0. The van der Waals surface area contributed by atoms with E-state index in [0.717, 1.165) is 18.7 Å². The molecule has 0 radical (unpaired) electrons. The SMILES string of the molecule is CC(O)c1cc(F)ccc1N1CCC(C)C(O)C1. The van der Waals surface area contributed by atoms with Crippen LogP contribution >= 0.6 is 0 Å². The summed E-state index contributed by atoms with van der Waals surface area (Å²) in [5.41, 5.74) is 1.40. The van der Waals surface area contributed by atoms with E-state index in [1.165, 1.54) is 12.1 Å². The number of hydrogen-bond acceptors (Lipinski definition) is 3. The highest BCUT2D eigenvalue weighted by Crippen LogP contribution is 2.30. The van der Waals surface area contributed by atoms with Gasteiger partial charge in [0, 0.05) is 24.3 Å². The van der Waals surface area contributed by atoms with Crippen molar-refractivity contribution in [2.24, 2.45) is 5.92 Å². The maximum atomic E-state index is 13.2. The van der Waals surface area contributed by atoms with Crippen LogP contribution in [0.2, 0.25) is 0 Å². The molecule has 3 nitrogen and oxygen atoms in total. The number of aliphatic hydroxyl groups excluding tert-OH is 2. The van der Waals surface area contributed by atoms with Crippen LogP contribution in [0.25, 0.3) is 0 Å². The summed E-state index contributed by atoms with van der Waals surface area (Å²) in [4.78, 5) is 2.02. The lowest BCUT2D eigenvalue weighted by Crippen LogP contribution is -2.43. The average Bonchev–Trinajstić information content (AvgIpc) is 2.32. The number of hydrogen-bond donors (Lipinski definition) is 2. The van der Waals surface area contributed by atoms with Crippen molar-refractivity contribution in [3.05, 3.63) is 29.6 Å². The molecular formula is C14H20FNO2. The average molecular weight is 253 g/mol. The molecule has 1 aliphatic heterocycles. The molecule has 0 saturated carbocycles. The fourth-order valence-corrected chi connectivity index (χ4v) is 2.42. The maximum absolute atomic E-state index is 13.2. The van der Waals surface area contributed by atoms with E-state index >= 15 is 0 Å². The molecule has 0 amide bonds. The molecule has 18 heavy (non-hydrogen) atoms. The minimum atomic E-state index is -0.716. The molecule has 0 aliphatic carbocycles. The summed E-state index contributed by atoms with van der Waals surface area (Å²) in [6.07, 6.45) is -0.185. The molecule has 4 heteroatoms. The zero-order valence-electron chi connectivity index (χ0n) is 10.8. The maximum Gasteiger partial charge on any atom is 0.123 e. The highest BCUT2D eigenvalue weighted by atomic mass is 19.1. The second-order valence-corrected chi connectivity index (χ2v) is 5.16. The molecule has 3 atom stereocenters. The standard InChI is InChI=1S/C14H20FNO2/c1-9-5-6-16(8-14(9)18)13-4-3-11(15)7-12(13)10(2)17/h3-4,7,9-10,14,17-18H,5-6,8H2,1-2H3. The fraction of sp³-hybridized carbons (Fsp3) is 0.571. The van der Waals surface area contributed by atoms with Crippen LogP contribution in [0.3, 0.4) is 0 Å². The third-order valence-corrected chi connectivity index (χ3v) is 3.70. The van der Waals surface area contributed by atoms with E-state index in [1.807, 2.05) is 11.8 Å². The minimum Gasteiger partial charge on any atom is -0.391 e. The zero-order valence-corrected chi connectivity index (χ0v) is 10.8. The van der Waals surface area contributed by atoms with Crippen molar-refractivity contribution in [1.29, 1.82) is 0 Å². The normalized spacial score (nSPS) is 26.2. The molecule has 1 aromatic carbocycles. The monoisotopic (exact) mass is 253 g/mol. The van der Waals surface area contributed by atoms with Crippen molar-refractivity contribution in [2.45, 2.75) is 32.5 Å². The lowest BCUT2D eigenvalue weighted by atomic mass is 9.94. The van der Waals surface area contributed by atoms with Crippen LogP contribution in [-0.4, -0.2) is 29.4 Å². The topological polar surface area (TPSA) is 43.7 Å². The molecule has 2 N–H and O–H groups in total. The van der Waals surface area contributed by atoms with Crippen molar-refractivity contribution in [2.75, 3.05) is 18.0 Å². The van der Waals surface area contributed by atoms with Crippen LogP contribution in [0.15, 0.2) is 18.2 Å². The van der Waals surface area contributed by atoms with Crippen LogP contribution in [-0.2, 0) is 0 Å². The third-order valence-electron chi connectivity index (χ3n) is 3.70. The molecule has 1 aromatic rings. The Bertz CT molecular complexity index is 422. The second kappa shape index (κ2) is 5.24. The van der Waals surface area contributed by atoms with Gasteiger partial charge in [-0.1, -0.05) is 6.92 Å². The predicted octanol–water partition coefficient (Wildman–Crippen LogP) is 2.09. The van der Waals surface area contributed by atoms with E-state index in [1.54, 1.807) is 13.0 Å². The molecule has 0 bridgehead atoms. The molecule has 1 aliphatic rings. The van der Waals surface area contributed by atoms with E-state index in [-0.39, 0.29) is 17.8 Å². The van der Waals surface area contributed by atoms with E-state index in [2.05, 4.69) is 0 Å². The van der Waals surface area contributed by atoms with Gasteiger partial charge >= 0.3 is 0 Å². The Morgan fingerprint density at radius 3 is 2.78 bits per heavy atom. The van der Waals surface area contributed by atoms with Gasteiger partial charge in [-0.2, -0.15) is 0 Å². The molecule has 1 fully saturated rings. The fourth-order valence-electron chi connectivity index (χ4n) is 2.42. The van der Waals surface area contributed by atoms with Crippen LogP contribution in [0.4, 0.5) is 10.1 Å². The van der Waals surface area contributed by atoms with Gasteiger partial charge in [0.15, 0.2) is 0 Å². The molecule has 0 aromatic heterocycles. The number of piperidine rings is 1. The number of nitrogens with zero attached hydrogens (tertiary/aromatic N) is 1. The van der Waals surface area contributed by atoms with Crippen molar-refractivity contribution in [3.8, 4) is 0 Å². The largest absolute Gasteiger partial charge is 0.391 e. The first kappa shape index (κ1) is 13.3. The number of aliphatic hydroxyl groups is 2. The highest BCUT2D eigenvalue weighted by Gasteiger charge is 2.26. The molecule has 100 valence electrons. The Labute approximate surface area is 107 Å². The van der Waals surface area contributed by atoms with E-state index < -0.39 is 6.10 Å². The van der Waals surface area contributed by atoms with E-state index in [4.69, 9.17) is 0 Å². The summed E-state index contributed by atoms with van der Waals surface area (Å²) < 4.78 is 13.2. The number of rotatable bonds is 2. The van der Waals surface area contributed by atoms with Gasteiger partial charge in [-0.25, -0.2) is 4.39 Å². The Kier molecular flexibility index (Phi) is 3.88. The molecule has 0 spiro atoms. The van der Waals surface area contributed by atoms with E-state index in [0.29, 0.717) is 12.1 Å². The van der Waals surface area contributed by atoms with Gasteiger partial charge in [0.1, 0.15) is 5.82 Å². The summed E-state index contributed by atoms with van der Waals surface area (Å²) in [6, 6.07) is 4.44. The van der Waals surface area contributed by atoms with Gasteiger partial charge in [0.2, 0.25) is 0 Å². The number of benzene rings is 1. The second-order valence-electron chi connectivity index (χ2n) is 5.16. The Morgan fingerprint density at radius 1 is 1.44 bits per heavy atom. The number of β-amino-alcohol motifs (C(OH)–C–C–N with tert-alkyl or cyclic N) is 1. The Balaban J connectivity index is 2.28. The molecule has 2 rings (SSSR count). The quantitative estimate of drug-likeness (QED) is 0.848. The van der Waals surface area contributed by atoms with Crippen molar-refractivity contribution < 1.29 is 14.6 Å². The summed E-state index contributed by atoms with van der Waals surface area (Å²) in [6.45, 7) is 5.01. The van der Waals surface area contributed by atoms with Crippen LogP contribution < -0.4 is 4.90 Å². The van der Waals surface area contributed by atoms with Gasteiger partial charge in [0.05, 0.1) is 12.2 Å². The lowest BCUT2D eigenvalue weighted by Gasteiger charge is -2.37. The highest BCUT2D eigenvalue weighted by molar-refractivity contribution is 5.55. The first-order valence-corrected chi connectivity index (χ1v) is 6.39. The van der Waals surface area contributed by atoms with Gasteiger partial charge in [-0.05, 0) is 37.5 Å². The van der Waals surface area contributed by atoms with Gasteiger partial charge in [-0.15, -0.1) is 0 Å². The zero-order chi connectivity index (χ0) is 13.3. The number of halogens is 1. The van der Waals surface area contributed by atoms with Crippen LogP contribution in [0.1, 0.15) is 31.9 Å². The van der Waals surface area contributed by atoms with Crippen LogP contribution in [0.5, 0.6) is 0 Å². The summed E-state index contributed by atoms with van der Waals surface area (Å²) in [5, 5.41) is 19.6. The van der Waals surface area contributed by atoms with Crippen LogP contribution in [0, 0.1) is 11.7 Å². The third kappa shape index (κ3) is 2.65. The molecule has 1 heterocycles. The first-order chi connectivity index (χ1) is 8.49. The Morgan fingerprint density at radius 2 is 2.17 bits per heavy atom. The van der Waals surface area contributed by atoms with Gasteiger partial charge in [-0.3, -0.25) is 0 Å². The van der Waals surface area contributed by atoms with Crippen molar-refractivity contribution in [3.63, 3.8) is 0 Å². The molecule has 1 saturated heterocycles. The summed E-state index contributed by atoms with van der Waals surface area (Å²) in [5.74, 6) is -0.0581. The Hall–Kier alpha value is -1.13. The number of anilines is 1. The minimum absolute atomic E-state index is 0.289. The van der Waals surface area contributed by atoms with Gasteiger partial charge in [0.25, 0.3) is 0 Å². The lowest BCUT2D eigenvalue weighted by molar-refractivity contribution is 0.102. The van der Waals surface area contributed by atoms with Crippen molar-refractivity contribution >= 4 is 5.69 Å². The summed E-state index contributed by atoms with van der Waals surface area (Å²) in [7, 11) is 0. The predicted molar refractivity (Wildman–Crippen MR) is 69.0 cm³/mol. The van der Waals surface area contributed by atoms with Gasteiger partial charge < -0.3 is 15.1 Å².